The van der Waals surface area contributed by atoms with E-state index in [4.69, 9.17) is 20.9 Å². The van der Waals surface area contributed by atoms with Gasteiger partial charge >= 0.3 is 0 Å². The lowest BCUT2D eigenvalue weighted by atomic mass is 10.1. The minimum Gasteiger partial charge on any atom is -0.494 e. The van der Waals surface area contributed by atoms with Crippen LogP contribution in [-0.2, 0) is 0 Å². The molecule has 24 heavy (non-hydrogen) atoms. The van der Waals surface area contributed by atoms with Gasteiger partial charge in [0.15, 0.2) is 0 Å². The first-order valence-electron chi connectivity index (χ1n) is 8.64. The molecule has 4 nitrogen and oxygen atoms in total. The molecular weight excluding hydrogens is 300 g/mol. The number of unbranched alkanes of at least 4 members (excludes halogenated alkanes) is 3. The summed E-state index contributed by atoms with van der Waals surface area (Å²) in [6.07, 6.45) is 5.81. The van der Waals surface area contributed by atoms with E-state index < -0.39 is 0 Å². The van der Waals surface area contributed by atoms with Crippen LogP contribution in [0.3, 0.4) is 0 Å². The average molecular weight is 328 g/mol. The van der Waals surface area contributed by atoms with E-state index in [1.54, 1.807) is 0 Å². The van der Waals surface area contributed by atoms with E-state index in [2.05, 4.69) is 6.92 Å². The molecule has 0 heterocycles. The lowest BCUT2D eigenvalue weighted by Crippen LogP contribution is -2.11. The number of rotatable bonds is 10. The molecule has 0 saturated carbocycles. The summed E-state index contributed by atoms with van der Waals surface area (Å²) >= 11 is 0. The molecule has 0 radical (unpaired) electrons. The van der Waals surface area contributed by atoms with Crippen molar-refractivity contribution >= 4 is 11.4 Å². The van der Waals surface area contributed by atoms with Gasteiger partial charge in [0.2, 0.25) is 0 Å². The Morgan fingerprint density at radius 2 is 1.46 bits per heavy atom. The highest BCUT2D eigenvalue weighted by molar-refractivity contribution is 5.44. The molecule has 2 aromatic carbocycles. The maximum Gasteiger partial charge on any atom is 0.121 e. The van der Waals surface area contributed by atoms with Crippen LogP contribution in [0.2, 0.25) is 0 Å². The van der Waals surface area contributed by atoms with Gasteiger partial charge in [-0.15, -0.1) is 0 Å². The Kier molecular flexibility index (Phi) is 7.27. The molecule has 4 N–H and O–H groups in total. The maximum absolute atomic E-state index is 5.88. The number of nitrogens with two attached hydrogens (primary N) is 2. The van der Waals surface area contributed by atoms with Crippen molar-refractivity contribution in [2.45, 2.75) is 45.1 Å². The van der Waals surface area contributed by atoms with Gasteiger partial charge in [-0.2, -0.15) is 0 Å². The fourth-order valence-corrected chi connectivity index (χ4v) is 2.56. The van der Waals surface area contributed by atoms with Gasteiger partial charge in [-0.1, -0.05) is 25.0 Å². The van der Waals surface area contributed by atoms with Crippen LogP contribution in [0.25, 0.3) is 0 Å². The van der Waals surface area contributed by atoms with Gasteiger partial charge in [0, 0.05) is 23.5 Å². The second-order valence-corrected chi connectivity index (χ2v) is 6.12. The van der Waals surface area contributed by atoms with Crippen molar-refractivity contribution in [2.75, 3.05) is 18.1 Å². The van der Waals surface area contributed by atoms with Crippen molar-refractivity contribution in [1.82, 2.24) is 0 Å². The first kappa shape index (κ1) is 18.0. The van der Waals surface area contributed by atoms with Crippen molar-refractivity contribution in [1.29, 1.82) is 0 Å². The molecule has 0 aliphatic heterocycles. The van der Waals surface area contributed by atoms with Crippen LogP contribution in [0, 0.1) is 0 Å². The Morgan fingerprint density at radius 3 is 2.17 bits per heavy atom. The molecule has 1 unspecified atom stereocenters. The van der Waals surface area contributed by atoms with Crippen molar-refractivity contribution in [3.8, 4) is 11.5 Å². The Labute approximate surface area is 144 Å². The SMILES string of the molecule is CC(CCCCCCOc1cccc(N)c1)Oc1cccc(N)c1. The third-order valence-corrected chi connectivity index (χ3v) is 3.83. The van der Waals surface area contributed by atoms with E-state index in [1.165, 1.54) is 6.42 Å². The van der Waals surface area contributed by atoms with Gasteiger partial charge in [-0.25, -0.2) is 0 Å². The van der Waals surface area contributed by atoms with E-state index in [0.717, 1.165) is 55.2 Å². The van der Waals surface area contributed by atoms with Crippen LogP contribution < -0.4 is 20.9 Å². The summed E-state index contributed by atoms with van der Waals surface area (Å²) in [5, 5.41) is 0. The molecule has 0 aliphatic carbocycles. The van der Waals surface area contributed by atoms with Crippen LogP contribution in [0.5, 0.6) is 11.5 Å². The van der Waals surface area contributed by atoms with Crippen LogP contribution in [0.1, 0.15) is 39.0 Å². The van der Waals surface area contributed by atoms with Gasteiger partial charge in [0.05, 0.1) is 12.7 Å². The molecular formula is C20H28N2O2. The third kappa shape index (κ3) is 6.82. The molecule has 2 rings (SSSR count). The number of hydrogen-bond donors (Lipinski definition) is 2. The average Bonchev–Trinajstić information content (AvgIpc) is 2.54. The minimum atomic E-state index is 0.204. The van der Waals surface area contributed by atoms with E-state index in [9.17, 15) is 0 Å². The number of benzene rings is 2. The summed E-state index contributed by atoms with van der Waals surface area (Å²) in [5.74, 6) is 1.69. The Hall–Kier alpha value is -2.36. The molecule has 0 saturated heterocycles. The summed E-state index contributed by atoms with van der Waals surface area (Å²) in [5.41, 5.74) is 12.9. The van der Waals surface area contributed by atoms with E-state index in [1.807, 2.05) is 48.5 Å². The summed E-state index contributed by atoms with van der Waals surface area (Å²) < 4.78 is 11.6. The summed E-state index contributed by atoms with van der Waals surface area (Å²) in [4.78, 5) is 0. The monoisotopic (exact) mass is 328 g/mol. The first-order valence-corrected chi connectivity index (χ1v) is 8.64. The Balaban J connectivity index is 1.51. The second-order valence-electron chi connectivity index (χ2n) is 6.12. The standard InChI is InChI=1S/C20H28N2O2/c1-16(24-20-12-7-10-18(22)15-20)8-4-2-3-5-13-23-19-11-6-9-17(21)14-19/h6-7,9-12,14-16H,2-5,8,13,21-22H2,1H3. The molecule has 0 fully saturated rings. The summed E-state index contributed by atoms with van der Waals surface area (Å²) in [6, 6.07) is 15.2. The molecule has 4 heteroatoms. The zero-order valence-corrected chi connectivity index (χ0v) is 14.4. The highest BCUT2D eigenvalue weighted by Gasteiger charge is 2.04. The highest BCUT2D eigenvalue weighted by atomic mass is 16.5. The van der Waals surface area contributed by atoms with E-state index >= 15 is 0 Å². The summed E-state index contributed by atoms with van der Waals surface area (Å²) in [6.45, 7) is 2.84. The normalized spacial score (nSPS) is 11.9. The molecule has 0 spiro atoms. The van der Waals surface area contributed by atoms with Crippen LogP contribution in [-0.4, -0.2) is 12.7 Å². The van der Waals surface area contributed by atoms with Crippen LogP contribution in [0.4, 0.5) is 11.4 Å². The molecule has 1 atom stereocenters. The Bertz CT molecular complexity index is 616. The van der Waals surface area contributed by atoms with Gasteiger partial charge < -0.3 is 20.9 Å². The minimum absolute atomic E-state index is 0.204. The smallest absolute Gasteiger partial charge is 0.121 e. The van der Waals surface area contributed by atoms with Crippen molar-refractivity contribution in [2.24, 2.45) is 0 Å². The van der Waals surface area contributed by atoms with Crippen molar-refractivity contribution in [3.05, 3.63) is 48.5 Å². The first-order chi connectivity index (χ1) is 11.6. The fraction of sp³-hybridized carbons (Fsp3) is 0.400. The van der Waals surface area contributed by atoms with Crippen LogP contribution >= 0.6 is 0 Å². The molecule has 130 valence electrons. The molecule has 0 aromatic heterocycles. The van der Waals surface area contributed by atoms with Crippen LogP contribution in [0.15, 0.2) is 48.5 Å². The van der Waals surface area contributed by atoms with Crippen molar-refractivity contribution < 1.29 is 9.47 Å². The molecule has 0 bridgehead atoms. The fourth-order valence-electron chi connectivity index (χ4n) is 2.56. The van der Waals surface area contributed by atoms with Gasteiger partial charge in [-0.05, 0) is 50.5 Å². The molecule has 0 aliphatic rings. The quantitative estimate of drug-likeness (QED) is 0.492. The van der Waals surface area contributed by atoms with Gasteiger partial charge in [0.1, 0.15) is 11.5 Å². The maximum atomic E-state index is 5.88. The lowest BCUT2D eigenvalue weighted by molar-refractivity contribution is 0.206. The molecule has 2 aromatic rings. The molecule has 0 amide bonds. The van der Waals surface area contributed by atoms with E-state index in [-0.39, 0.29) is 6.10 Å². The van der Waals surface area contributed by atoms with Crippen molar-refractivity contribution in [3.63, 3.8) is 0 Å². The Morgan fingerprint density at radius 1 is 0.833 bits per heavy atom. The predicted molar refractivity (Wildman–Crippen MR) is 100 cm³/mol. The zero-order chi connectivity index (χ0) is 17.2. The van der Waals surface area contributed by atoms with Gasteiger partial charge in [-0.3, -0.25) is 0 Å². The lowest BCUT2D eigenvalue weighted by Gasteiger charge is -2.15. The number of hydrogen-bond acceptors (Lipinski definition) is 4. The third-order valence-electron chi connectivity index (χ3n) is 3.83. The van der Waals surface area contributed by atoms with E-state index in [0.29, 0.717) is 0 Å². The second kappa shape index (κ2) is 9.71. The summed E-state index contributed by atoms with van der Waals surface area (Å²) in [7, 11) is 0. The van der Waals surface area contributed by atoms with Gasteiger partial charge in [0.25, 0.3) is 0 Å². The topological polar surface area (TPSA) is 70.5 Å². The number of nitrogen functional groups attached to an aromatic ring is 2. The number of anilines is 2. The highest BCUT2D eigenvalue weighted by Crippen LogP contribution is 2.18. The predicted octanol–water partition coefficient (Wildman–Crippen LogP) is 4.65. The zero-order valence-electron chi connectivity index (χ0n) is 14.4. The number of ether oxygens (including phenoxy) is 2. The largest absolute Gasteiger partial charge is 0.494 e.